The highest BCUT2D eigenvalue weighted by Crippen LogP contribution is 2.21. The van der Waals surface area contributed by atoms with E-state index in [1.54, 1.807) is 18.2 Å². The first kappa shape index (κ1) is 18.6. The first-order valence-corrected chi connectivity index (χ1v) is 8.98. The van der Waals surface area contributed by atoms with Gasteiger partial charge in [-0.2, -0.15) is 0 Å². The third-order valence-electron chi connectivity index (χ3n) is 4.69. The van der Waals surface area contributed by atoms with Crippen molar-refractivity contribution >= 4 is 17.5 Å². The Bertz CT molecular complexity index is 871. The molecule has 1 aliphatic heterocycles. The van der Waals surface area contributed by atoms with Gasteiger partial charge >= 0.3 is 0 Å². The van der Waals surface area contributed by atoms with Crippen molar-refractivity contribution in [2.24, 2.45) is 0 Å². The molecule has 3 rings (SSSR count). The molecule has 1 heterocycles. The van der Waals surface area contributed by atoms with Crippen LogP contribution in [0.4, 0.5) is 5.69 Å². The molecular weight excluding hydrogens is 340 g/mol. The van der Waals surface area contributed by atoms with Crippen molar-refractivity contribution in [2.45, 2.75) is 19.8 Å². The molecule has 0 amide bonds. The van der Waals surface area contributed by atoms with E-state index in [1.807, 2.05) is 37.4 Å². The van der Waals surface area contributed by atoms with Crippen LogP contribution in [-0.2, 0) is 0 Å². The zero-order valence-corrected chi connectivity index (χ0v) is 15.3. The Morgan fingerprint density at radius 1 is 1.04 bits per heavy atom. The average Bonchev–Trinajstić information content (AvgIpc) is 2.68. The quantitative estimate of drug-likeness (QED) is 0.332. The molecule has 1 saturated heterocycles. The largest absolute Gasteiger partial charge is 0.377 e. The van der Waals surface area contributed by atoms with Gasteiger partial charge in [0.15, 0.2) is 5.78 Å². The number of benzene rings is 2. The molecule has 0 aliphatic carbocycles. The molecule has 0 saturated carbocycles. The summed E-state index contributed by atoms with van der Waals surface area (Å²) in [6, 6.07) is 14.2. The number of non-ortho nitro benzene ring substituents is 1. The molecule has 0 aromatic heterocycles. The monoisotopic (exact) mass is 362 g/mol. The average molecular weight is 362 g/mol. The summed E-state index contributed by atoms with van der Waals surface area (Å²) in [7, 11) is 0. The van der Waals surface area contributed by atoms with Gasteiger partial charge in [-0.15, -0.1) is 0 Å². The van der Waals surface area contributed by atoms with Gasteiger partial charge < -0.3 is 4.90 Å². The summed E-state index contributed by atoms with van der Waals surface area (Å²) in [6.45, 7) is 3.71. The van der Waals surface area contributed by atoms with Crippen molar-refractivity contribution < 1.29 is 9.72 Å². The van der Waals surface area contributed by atoms with Crippen LogP contribution in [0.25, 0.3) is 6.08 Å². The predicted octanol–water partition coefficient (Wildman–Crippen LogP) is 4.78. The van der Waals surface area contributed by atoms with Gasteiger partial charge in [-0.1, -0.05) is 41.5 Å². The van der Waals surface area contributed by atoms with E-state index < -0.39 is 0 Å². The topological polar surface area (TPSA) is 63.5 Å². The lowest BCUT2D eigenvalue weighted by molar-refractivity contribution is -0.384. The summed E-state index contributed by atoms with van der Waals surface area (Å²) >= 11 is 0. The second-order valence-corrected chi connectivity index (χ2v) is 6.73. The number of hydrogen-bond donors (Lipinski definition) is 0. The van der Waals surface area contributed by atoms with Crippen LogP contribution in [0.1, 0.15) is 34.3 Å². The standard InChI is InChI=1S/C22H22N2O3/c1-17-2-6-20(7-3-17)22(25)12-15-23-13-10-19(11-14-23)16-18-4-8-21(9-5-18)24(26)27/h2-9,12,15-16H,10-11,13-14H2,1H3. The molecule has 27 heavy (non-hydrogen) atoms. The maximum atomic E-state index is 12.2. The highest BCUT2D eigenvalue weighted by Gasteiger charge is 2.12. The van der Waals surface area contributed by atoms with Gasteiger partial charge in [-0.25, -0.2) is 0 Å². The van der Waals surface area contributed by atoms with Crippen LogP contribution in [-0.4, -0.2) is 28.7 Å². The molecule has 0 radical (unpaired) electrons. The molecule has 5 nitrogen and oxygen atoms in total. The van der Waals surface area contributed by atoms with Crippen molar-refractivity contribution in [1.29, 1.82) is 0 Å². The fourth-order valence-electron chi connectivity index (χ4n) is 3.02. The number of hydrogen-bond acceptors (Lipinski definition) is 4. The van der Waals surface area contributed by atoms with Crippen molar-refractivity contribution in [3.63, 3.8) is 0 Å². The van der Waals surface area contributed by atoms with Crippen LogP contribution in [0.2, 0.25) is 0 Å². The number of nitro benzene ring substituents is 1. The van der Waals surface area contributed by atoms with Gasteiger partial charge in [-0.05, 0) is 37.5 Å². The smallest absolute Gasteiger partial charge is 0.269 e. The van der Waals surface area contributed by atoms with Crippen LogP contribution in [0, 0.1) is 17.0 Å². The van der Waals surface area contributed by atoms with Crippen molar-refractivity contribution in [2.75, 3.05) is 13.1 Å². The fourth-order valence-corrected chi connectivity index (χ4v) is 3.02. The minimum atomic E-state index is -0.389. The van der Waals surface area contributed by atoms with Crippen molar-refractivity contribution in [3.8, 4) is 0 Å². The van der Waals surface area contributed by atoms with E-state index in [2.05, 4.69) is 11.0 Å². The predicted molar refractivity (Wildman–Crippen MR) is 107 cm³/mol. The molecule has 2 aromatic rings. The first-order valence-electron chi connectivity index (χ1n) is 8.98. The number of nitrogens with zero attached hydrogens (tertiary/aromatic N) is 2. The minimum Gasteiger partial charge on any atom is -0.377 e. The number of ketones is 1. The molecule has 0 unspecified atom stereocenters. The number of likely N-dealkylation sites (tertiary alicyclic amines) is 1. The van der Waals surface area contributed by atoms with Gasteiger partial charge in [0.25, 0.3) is 5.69 Å². The van der Waals surface area contributed by atoms with E-state index >= 15 is 0 Å². The number of allylic oxidation sites excluding steroid dienone is 1. The van der Waals surface area contributed by atoms with Crippen LogP contribution < -0.4 is 0 Å². The summed E-state index contributed by atoms with van der Waals surface area (Å²) in [4.78, 5) is 24.7. The number of carbonyl (C=O) groups is 1. The second-order valence-electron chi connectivity index (χ2n) is 6.73. The zero-order chi connectivity index (χ0) is 19.2. The van der Waals surface area contributed by atoms with Crippen LogP contribution in [0.15, 0.2) is 66.4 Å². The molecule has 5 heteroatoms. The number of piperidine rings is 1. The number of rotatable bonds is 5. The zero-order valence-electron chi connectivity index (χ0n) is 15.3. The van der Waals surface area contributed by atoms with E-state index in [0.717, 1.165) is 37.1 Å². The molecule has 0 spiro atoms. The number of nitro groups is 1. The number of aryl methyl sites for hydroxylation is 1. The van der Waals surface area contributed by atoms with E-state index in [4.69, 9.17) is 0 Å². The molecule has 0 N–H and O–H groups in total. The van der Waals surface area contributed by atoms with Gasteiger partial charge in [0.1, 0.15) is 0 Å². The van der Waals surface area contributed by atoms with Gasteiger partial charge in [-0.3, -0.25) is 14.9 Å². The lowest BCUT2D eigenvalue weighted by atomic mass is 10.0. The minimum absolute atomic E-state index is 0.0159. The molecule has 1 aliphatic rings. The molecular formula is C22H22N2O3. The molecule has 2 aromatic carbocycles. The Morgan fingerprint density at radius 3 is 2.26 bits per heavy atom. The van der Waals surface area contributed by atoms with E-state index in [1.165, 1.54) is 17.7 Å². The first-order chi connectivity index (χ1) is 13.0. The van der Waals surface area contributed by atoms with Crippen molar-refractivity contribution in [3.05, 3.63) is 93.2 Å². The summed E-state index contributed by atoms with van der Waals surface area (Å²) in [6.07, 6.45) is 7.45. The summed E-state index contributed by atoms with van der Waals surface area (Å²) in [5.74, 6) is 0.0159. The van der Waals surface area contributed by atoms with Gasteiger partial charge in [0.2, 0.25) is 0 Å². The maximum absolute atomic E-state index is 12.2. The Balaban J connectivity index is 1.54. The van der Waals surface area contributed by atoms with E-state index in [0.29, 0.717) is 5.56 Å². The Hall–Kier alpha value is -3.21. The molecule has 0 atom stereocenters. The SMILES string of the molecule is Cc1ccc(C(=O)C=CN2CCC(=Cc3ccc([N+](=O)[O-])cc3)CC2)cc1. The fraction of sp³-hybridized carbons (Fsp3) is 0.227. The van der Waals surface area contributed by atoms with Crippen LogP contribution in [0.3, 0.4) is 0 Å². The molecule has 138 valence electrons. The summed E-state index contributed by atoms with van der Waals surface area (Å²) in [5, 5.41) is 10.7. The third-order valence-corrected chi connectivity index (χ3v) is 4.69. The Morgan fingerprint density at radius 2 is 1.67 bits per heavy atom. The highest BCUT2D eigenvalue weighted by atomic mass is 16.6. The summed E-state index contributed by atoms with van der Waals surface area (Å²) in [5.41, 5.74) is 4.24. The summed E-state index contributed by atoms with van der Waals surface area (Å²) < 4.78 is 0. The lowest BCUT2D eigenvalue weighted by Gasteiger charge is -2.27. The molecule has 0 bridgehead atoms. The van der Waals surface area contributed by atoms with Crippen molar-refractivity contribution in [1.82, 2.24) is 4.90 Å². The highest BCUT2D eigenvalue weighted by molar-refractivity contribution is 6.04. The second kappa shape index (κ2) is 8.45. The number of carbonyl (C=O) groups excluding carboxylic acids is 1. The maximum Gasteiger partial charge on any atom is 0.269 e. The van der Waals surface area contributed by atoms with Crippen LogP contribution in [0.5, 0.6) is 0 Å². The van der Waals surface area contributed by atoms with E-state index in [-0.39, 0.29) is 16.4 Å². The Labute approximate surface area is 158 Å². The normalized spacial score (nSPS) is 14.4. The third kappa shape index (κ3) is 5.14. The Kier molecular flexibility index (Phi) is 5.81. The van der Waals surface area contributed by atoms with Crippen LogP contribution >= 0.6 is 0 Å². The lowest BCUT2D eigenvalue weighted by Crippen LogP contribution is -2.25. The van der Waals surface area contributed by atoms with Gasteiger partial charge in [0.05, 0.1) is 4.92 Å². The molecule has 1 fully saturated rings. The van der Waals surface area contributed by atoms with E-state index in [9.17, 15) is 14.9 Å². The van der Waals surface area contributed by atoms with Gasteiger partial charge in [0, 0.05) is 43.1 Å².